The molecular weight excluding hydrogens is 230 g/mol. The number of nitrogens with one attached hydrogen (secondary N) is 1. The molecule has 1 N–H and O–H groups in total. The van der Waals surface area contributed by atoms with E-state index in [1.165, 1.54) is 0 Å². The molecule has 0 spiro atoms. The van der Waals surface area contributed by atoms with Crippen LogP contribution in [0.15, 0.2) is 24.5 Å². The van der Waals surface area contributed by atoms with Crippen molar-refractivity contribution in [2.75, 3.05) is 13.7 Å². The lowest BCUT2D eigenvalue weighted by Crippen LogP contribution is -2.35. The number of pyridine rings is 1. The van der Waals surface area contributed by atoms with Crippen LogP contribution in [0.25, 0.3) is 0 Å². The van der Waals surface area contributed by atoms with E-state index in [1.54, 1.807) is 13.3 Å². The molecule has 2 aromatic heterocycles. The number of rotatable bonds is 3. The molecule has 0 amide bonds. The van der Waals surface area contributed by atoms with Gasteiger partial charge in [0.1, 0.15) is 6.61 Å². The molecule has 1 aliphatic heterocycles. The fraction of sp³-hybridized carbons (Fsp3) is 0.417. The summed E-state index contributed by atoms with van der Waals surface area (Å²) in [5.74, 6) is 1.81. The minimum absolute atomic E-state index is 0.0607. The van der Waals surface area contributed by atoms with Crippen molar-refractivity contribution in [2.24, 2.45) is 0 Å². The van der Waals surface area contributed by atoms with Crippen molar-refractivity contribution in [3.05, 3.63) is 41.7 Å². The van der Waals surface area contributed by atoms with Crippen LogP contribution >= 0.6 is 0 Å². The third kappa shape index (κ3) is 1.89. The molecule has 0 bridgehead atoms. The van der Waals surface area contributed by atoms with Crippen molar-refractivity contribution in [1.29, 1.82) is 0 Å². The van der Waals surface area contributed by atoms with E-state index >= 15 is 0 Å². The number of nitrogens with zero attached hydrogens (tertiary/aromatic N) is 4. The maximum absolute atomic E-state index is 5.14. The van der Waals surface area contributed by atoms with Crippen molar-refractivity contribution in [1.82, 2.24) is 25.1 Å². The number of aromatic nitrogens is 4. The summed E-state index contributed by atoms with van der Waals surface area (Å²) in [5.41, 5.74) is 1.11. The van der Waals surface area contributed by atoms with Crippen LogP contribution in [0.3, 0.4) is 0 Å². The van der Waals surface area contributed by atoms with E-state index in [4.69, 9.17) is 4.74 Å². The first kappa shape index (κ1) is 11.3. The van der Waals surface area contributed by atoms with Gasteiger partial charge in [-0.1, -0.05) is 6.07 Å². The lowest BCUT2D eigenvalue weighted by Gasteiger charge is -2.25. The second-order valence-electron chi connectivity index (χ2n) is 4.23. The predicted molar refractivity (Wildman–Crippen MR) is 64.8 cm³/mol. The highest BCUT2D eigenvalue weighted by Gasteiger charge is 2.25. The van der Waals surface area contributed by atoms with Gasteiger partial charge in [0, 0.05) is 32.6 Å². The van der Waals surface area contributed by atoms with E-state index in [2.05, 4.69) is 25.1 Å². The number of methoxy groups -OCH3 is 1. The Bertz CT molecular complexity index is 525. The van der Waals surface area contributed by atoms with Gasteiger partial charge in [-0.15, -0.1) is 10.2 Å². The Labute approximate surface area is 105 Å². The molecule has 3 heterocycles. The number of ether oxygens (including phenoxy) is 1. The predicted octanol–water partition coefficient (Wildman–Crippen LogP) is 0.512. The number of hydrogen-bond donors (Lipinski definition) is 1. The Morgan fingerprint density at radius 3 is 3.22 bits per heavy atom. The molecule has 0 aliphatic carbocycles. The SMILES string of the molecule is COCc1nnc2n1CCNC2c1cccnc1. The van der Waals surface area contributed by atoms with E-state index in [0.717, 1.165) is 30.3 Å². The van der Waals surface area contributed by atoms with Crippen LogP contribution < -0.4 is 5.32 Å². The zero-order valence-corrected chi connectivity index (χ0v) is 10.2. The van der Waals surface area contributed by atoms with Gasteiger partial charge in [-0.25, -0.2) is 0 Å². The summed E-state index contributed by atoms with van der Waals surface area (Å²) in [6.07, 6.45) is 3.63. The van der Waals surface area contributed by atoms with E-state index in [1.807, 2.05) is 18.3 Å². The summed E-state index contributed by atoms with van der Waals surface area (Å²) >= 11 is 0. The van der Waals surface area contributed by atoms with E-state index in [-0.39, 0.29) is 6.04 Å². The quantitative estimate of drug-likeness (QED) is 0.853. The Morgan fingerprint density at radius 2 is 2.44 bits per heavy atom. The van der Waals surface area contributed by atoms with Gasteiger partial charge in [0.05, 0.1) is 6.04 Å². The van der Waals surface area contributed by atoms with Crippen LogP contribution in [-0.4, -0.2) is 33.4 Å². The molecule has 6 heteroatoms. The van der Waals surface area contributed by atoms with Crippen molar-refractivity contribution in [2.45, 2.75) is 19.2 Å². The molecule has 3 rings (SSSR count). The van der Waals surface area contributed by atoms with Gasteiger partial charge in [-0.3, -0.25) is 4.98 Å². The smallest absolute Gasteiger partial charge is 0.159 e. The summed E-state index contributed by atoms with van der Waals surface area (Å²) in [7, 11) is 1.67. The summed E-state index contributed by atoms with van der Waals surface area (Å²) < 4.78 is 7.26. The molecule has 94 valence electrons. The second-order valence-corrected chi connectivity index (χ2v) is 4.23. The first-order chi connectivity index (χ1) is 8.90. The largest absolute Gasteiger partial charge is 0.377 e. The minimum Gasteiger partial charge on any atom is -0.377 e. The Hall–Kier alpha value is -1.79. The molecule has 6 nitrogen and oxygen atoms in total. The molecular formula is C12H15N5O. The summed E-state index contributed by atoms with van der Waals surface area (Å²) in [6.45, 7) is 2.26. The van der Waals surface area contributed by atoms with Crippen molar-refractivity contribution in [3.8, 4) is 0 Å². The molecule has 0 radical (unpaired) electrons. The molecule has 0 saturated heterocycles. The van der Waals surface area contributed by atoms with Crippen LogP contribution in [0.1, 0.15) is 23.3 Å². The molecule has 0 fully saturated rings. The zero-order chi connectivity index (χ0) is 12.4. The van der Waals surface area contributed by atoms with Gasteiger partial charge in [0.15, 0.2) is 11.6 Å². The topological polar surface area (TPSA) is 64.9 Å². The minimum atomic E-state index is 0.0607. The average Bonchev–Trinajstić information content (AvgIpc) is 2.84. The average molecular weight is 245 g/mol. The maximum atomic E-state index is 5.14. The zero-order valence-electron chi connectivity index (χ0n) is 10.2. The van der Waals surface area contributed by atoms with E-state index in [9.17, 15) is 0 Å². The summed E-state index contributed by atoms with van der Waals surface area (Å²) in [4.78, 5) is 4.15. The Kier molecular flexibility index (Phi) is 3.04. The fourth-order valence-electron chi connectivity index (χ4n) is 2.27. The monoisotopic (exact) mass is 245 g/mol. The van der Waals surface area contributed by atoms with Crippen LogP contribution in [0.5, 0.6) is 0 Å². The highest BCUT2D eigenvalue weighted by atomic mass is 16.5. The van der Waals surface area contributed by atoms with Crippen molar-refractivity contribution in [3.63, 3.8) is 0 Å². The van der Waals surface area contributed by atoms with E-state index in [0.29, 0.717) is 6.61 Å². The van der Waals surface area contributed by atoms with Crippen LogP contribution in [-0.2, 0) is 17.9 Å². The number of hydrogen-bond acceptors (Lipinski definition) is 5. The first-order valence-corrected chi connectivity index (χ1v) is 5.94. The normalized spacial score (nSPS) is 18.6. The Morgan fingerprint density at radius 1 is 1.50 bits per heavy atom. The summed E-state index contributed by atoms with van der Waals surface area (Å²) in [6, 6.07) is 4.04. The molecule has 18 heavy (non-hydrogen) atoms. The van der Waals surface area contributed by atoms with Gasteiger partial charge < -0.3 is 14.6 Å². The number of fused-ring (bicyclic) bond motifs is 1. The van der Waals surface area contributed by atoms with Crippen molar-refractivity contribution >= 4 is 0 Å². The molecule has 1 atom stereocenters. The van der Waals surface area contributed by atoms with Crippen LogP contribution in [0.2, 0.25) is 0 Å². The molecule has 0 aromatic carbocycles. The van der Waals surface area contributed by atoms with Gasteiger partial charge >= 0.3 is 0 Å². The van der Waals surface area contributed by atoms with Gasteiger partial charge in [0.25, 0.3) is 0 Å². The lowest BCUT2D eigenvalue weighted by molar-refractivity contribution is 0.173. The highest BCUT2D eigenvalue weighted by molar-refractivity contribution is 5.23. The van der Waals surface area contributed by atoms with Gasteiger partial charge in [-0.2, -0.15) is 0 Å². The third-order valence-electron chi connectivity index (χ3n) is 3.09. The highest BCUT2D eigenvalue weighted by Crippen LogP contribution is 2.23. The van der Waals surface area contributed by atoms with Gasteiger partial charge in [0.2, 0.25) is 0 Å². The molecule has 1 unspecified atom stereocenters. The third-order valence-corrected chi connectivity index (χ3v) is 3.09. The Balaban J connectivity index is 1.98. The van der Waals surface area contributed by atoms with Crippen LogP contribution in [0.4, 0.5) is 0 Å². The van der Waals surface area contributed by atoms with Crippen molar-refractivity contribution < 1.29 is 4.74 Å². The molecule has 0 saturated carbocycles. The van der Waals surface area contributed by atoms with Crippen LogP contribution in [0, 0.1) is 0 Å². The maximum Gasteiger partial charge on any atom is 0.159 e. The second kappa shape index (κ2) is 4.83. The fourth-order valence-corrected chi connectivity index (χ4v) is 2.27. The standard InChI is InChI=1S/C12H15N5O/c1-18-8-10-15-16-12-11(14-5-6-17(10)12)9-3-2-4-13-7-9/h2-4,7,11,14H,5-6,8H2,1H3. The molecule has 2 aromatic rings. The molecule has 1 aliphatic rings. The lowest BCUT2D eigenvalue weighted by atomic mass is 10.1. The van der Waals surface area contributed by atoms with Gasteiger partial charge in [-0.05, 0) is 11.6 Å². The van der Waals surface area contributed by atoms with E-state index < -0.39 is 0 Å². The first-order valence-electron chi connectivity index (χ1n) is 5.94. The summed E-state index contributed by atoms with van der Waals surface area (Å²) in [5, 5.41) is 11.9.